The zero-order valence-electron chi connectivity index (χ0n) is 25.3. The third-order valence-corrected chi connectivity index (χ3v) is 10.4. The molecule has 3 heterocycles. The highest BCUT2D eigenvalue weighted by Crippen LogP contribution is 2.37. The van der Waals surface area contributed by atoms with Crippen molar-refractivity contribution < 1.29 is 0 Å². The van der Waals surface area contributed by atoms with Gasteiger partial charge in [-0.15, -0.1) is 0 Å². The minimum absolute atomic E-state index is 1.01. The summed E-state index contributed by atoms with van der Waals surface area (Å²) >= 11 is 1.74. The predicted octanol–water partition coefficient (Wildman–Crippen LogP) is 11.8. The Labute approximate surface area is 275 Å². The fraction of sp³-hybridized carbons (Fsp3) is 0. The molecule has 10 rings (SSSR count). The van der Waals surface area contributed by atoms with Gasteiger partial charge in [0.1, 0.15) is 0 Å². The predicted molar refractivity (Wildman–Crippen MR) is 199 cm³/mol. The van der Waals surface area contributed by atoms with Gasteiger partial charge in [0.25, 0.3) is 0 Å². The van der Waals surface area contributed by atoms with Crippen LogP contribution in [0.15, 0.2) is 164 Å². The normalized spacial score (nSPS) is 11.8. The lowest BCUT2D eigenvalue weighted by molar-refractivity contribution is 1.18. The molecule has 0 unspecified atom stereocenters. The van der Waals surface area contributed by atoms with Crippen molar-refractivity contribution in [2.24, 2.45) is 0 Å². The fourth-order valence-electron chi connectivity index (χ4n) is 7.13. The van der Waals surface area contributed by atoms with Crippen LogP contribution in [0.5, 0.6) is 0 Å². The Morgan fingerprint density at radius 2 is 0.979 bits per heavy atom. The monoisotopic (exact) mass is 617 g/mol. The molecule has 47 heavy (non-hydrogen) atoms. The number of aromatic nitrogens is 3. The van der Waals surface area contributed by atoms with Gasteiger partial charge in [0.2, 0.25) is 0 Å². The van der Waals surface area contributed by atoms with Gasteiger partial charge < -0.3 is 4.57 Å². The molecule has 4 heteroatoms. The Hall–Kier alpha value is -5.97. The van der Waals surface area contributed by atoms with Gasteiger partial charge in [0, 0.05) is 16.5 Å². The summed E-state index contributed by atoms with van der Waals surface area (Å²) in [4.78, 5) is 6.07. The highest BCUT2D eigenvalue weighted by Gasteiger charge is 2.16. The standard InChI is InChI=1S/C43H27N3S/c1-2-10-28(11-3-1)29-12-8-13-30(24-29)31-14-9-15-32(25-31)33-20-23-42-41(26-33)46-40-27-34(21-22-37(40)44-43(46)47-42)45-38-18-6-4-16-35(38)36-17-5-7-19-39(36)45/h1-27H. The number of nitrogens with zero attached hydrogens (tertiary/aromatic N) is 3. The van der Waals surface area contributed by atoms with Crippen molar-refractivity contribution in [2.45, 2.75) is 0 Å². The minimum Gasteiger partial charge on any atom is -0.309 e. The van der Waals surface area contributed by atoms with Gasteiger partial charge in [-0.3, -0.25) is 4.40 Å². The van der Waals surface area contributed by atoms with Gasteiger partial charge in [-0.05, 0) is 88.0 Å². The topological polar surface area (TPSA) is 22.2 Å². The Balaban J connectivity index is 1.11. The van der Waals surface area contributed by atoms with Crippen molar-refractivity contribution in [3.8, 4) is 39.1 Å². The van der Waals surface area contributed by atoms with Crippen molar-refractivity contribution in [2.75, 3.05) is 0 Å². The summed E-state index contributed by atoms with van der Waals surface area (Å²) in [6, 6.07) is 59.1. The molecule has 0 spiro atoms. The maximum atomic E-state index is 5.06. The maximum absolute atomic E-state index is 5.06. The van der Waals surface area contributed by atoms with E-state index >= 15 is 0 Å². The van der Waals surface area contributed by atoms with Crippen LogP contribution in [0.2, 0.25) is 0 Å². The van der Waals surface area contributed by atoms with Gasteiger partial charge in [-0.1, -0.05) is 121 Å². The molecular weight excluding hydrogens is 591 g/mol. The van der Waals surface area contributed by atoms with Crippen LogP contribution in [0, 0.1) is 0 Å². The molecule has 0 aliphatic carbocycles. The molecule has 0 saturated heterocycles. The average molecular weight is 618 g/mol. The second-order valence-corrected chi connectivity index (χ2v) is 13.1. The second-order valence-electron chi connectivity index (χ2n) is 12.1. The molecule has 0 aliphatic heterocycles. The summed E-state index contributed by atoms with van der Waals surface area (Å²) in [6.45, 7) is 0. The number of hydrogen-bond donors (Lipinski definition) is 0. The van der Waals surface area contributed by atoms with Crippen LogP contribution in [0.25, 0.3) is 87.1 Å². The quantitative estimate of drug-likeness (QED) is 0.193. The van der Waals surface area contributed by atoms with E-state index in [2.05, 4.69) is 173 Å². The Kier molecular flexibility index (Phi) is 5.74. The molecule has 3 aromatic heterocycles. The van der Waals surface area contributed by atoms with Crippen LogP contribution >= 0.6 is 11.3 Å². The van der Waals surface area contributed by atoms with Gasteiger partial charge in [0.05, 0.1) is 32.3 Å². The number of hydrogen-bond acceptors (Lipinski definition) is 2. The lowest BCUT2D eigenvalue weighted by Crippen LogP contribution is -1.94. The Morgan fingerprint density at radius 1 is 0.404 bits per heavy atom. The van der Waals surface area contributed by atoms with E-state index < -0.39 is 0 Å². The fourth-order valence-corrected chi connectivity index (χ4v) is 8.15. The molecular formula is C43H27N3S. The van der Waals surface area contributed by atoms with Crippen molar-refractivity contribution in [1.82, 2.24) is 14.0 Å². The number of rotatable bonds is 4. The SMILES string of the molecule is c1ccc(-c2cccc(-c3cccc(-c4ccc5sc6nc7ccc(-n8c9ccccc9c9ccccc98)cc7n6c5c4)c3)c2)cc1. The van der Waals surface area contributed by atoms with Crippen LogP contribution < -0.4 is 0 Å². The second kappa shape index (κ2) is 10.3. The summed E-state index contributed by atoms with van der Waals surface area (Å²) in [5.74, 6) is 0. The number of para-hydroxylation sites is 2. The smallest absolute Gasteiger partial charge is 0.195 e. The summed E-state index contributed by atoms with van der Waals surface area (Å²) in [5, 5.41) is 2.53. The van der Waals surface area contributed by atoms with E-state index in [9.17, 15) is 0 Å². The summed E-state index contributed by atoms with van der Waals surface area (Å²) in [7, 11) is 0. The molecule has 3 nitrogen and oxygen atoms in total. The molecule has 220 valence electrons. The van der Waals surface area contributed by atoms with E-state index in [1.54, 1.807) is 11.3 Å². The van der Waals surface area contributed by atoms with E-state index in [1.165, 1.54) is 65.4 Å². The first-order chi connectivity index (χ1) is 23.3. The zero-order chi connectivity index (χ0) is 30.9. The van der Waals surface area contributed by atoms with Crippen LogP contribution in [-0.2, 0) is 0 Å². The van der Waals surface area contributed by atoms with E-state index in [-0.39, 0.29) is 0 Å². The molecule has 0 amide bonds. The molecule has 0 aliphatic rings. The first kappa shape index (κ1) is 26.3. The summed E-state index contributed by atoms with van der Waals surface area (Å²) in [6.07, 6.45) is 0. The van der Waals surface area contributed by atoms with Crippen molar-refractivity contribution in [3.63, 3.8) is 0 Å². The maximum Gasteiger partial charge on any atom is 0.195 e. The summed E-state index contributed by atoms with van der Waals surface area (Å²) in [5.41, 5.74) is 14.1. The average Bonchev–Trinajstić information content (AvgIpc) is 3.79. The van der Waals surface area contributed by atoms with Crippen LogP contribution in [0.3, 0.4) is 0 Å². The molecule has 0 radical (unpaired) electrons. The Bertz CT molecular complexity index is 2750. The van der Waals surface area contributed by atoms with Crippen molar-refractivity contribution >= 4 is 59.4 Å². The van der Waals surface area contributed by atoms with E-state index in [0.29, 0.717) is 0 Å². The van der Waals surface area contributed by atoms with Gasteiger partial charge in [-0.25, -0.2) is 4.98 Å². The number of imidazole rings is 1. The molecule has 0 bridgehead atoms. The third kappa shape index (κ3) is 4.16. The Morgan fingerprint density at radius 3 is 1.66 bits per heavy atom. The van der Waals surface area contributed by atoms with Gasteiger partial charge in [-0.2, -0.15) is 0 Å². The van der Waals surface area contributed by atoms with Crippen LogP contribution in [0.1, 0.15) is 0 Å². The zero-order valence-corrected chi connectivity index (χ0v) is 26.2. The van der Waals surface area contributed by atoms with E-state index in [1.807, 2.05) is 0 Å². The highest BCUT2D eigenvalue weighted by molar-refractivity contribution is 7.23. The van der Waals surface area contributed by atoms with Crippen LogP contribution in [-0.4, -0.2) is 14.0 Å². The highest BCUT2D eigenvalue weighted by atomic mass is 32.1. The largest absolute Gasteiger partial charge is 0.309 e. The number of benzene rings is 7. The number of fused-ring (bicyclic) bond motifs is 8. The molecule has 0 fully saturated rings. The first-order valence-electron chi connectivity index (χ1n) is 15.9. The molecule has 0 saturated carbocycles. The molecule has 0 N–H and O–H groups in total. The van der Waals surface area contributed by atoms with Crippen molar-refractivity contribution in [1.29, 1.82) is 0 Å². The first-order valence-corrected chi connectivity index (χ1v) is 16.7. The van der Waals surface area contributed by atoms with Crippen LogP contribution in [0.4, 0.5) is 0 Å². The third-order valence-electron chi connectivity index (χ3n) is 9.35. The molecule has 10 aromatic rings. The van der Waals surface area contributed by atoms with Crippen molar-refractivity contribution in [3.05, 3.63) is 164 Å². The van der Waals surface area contributed by atoms with E-state index in [4.69, 9.17) is 4.98 Å². The lowest BCUT2D eigenvalue weighted by atomic mass is 9.96. The molecule has 7 aromatic carbocycles. The lowest BCUT2D eigenvalue weighted by Gasteiger charge is -2.09. The summed E-state index contributed by atoms with van der Waals surface area (Å²) < 4.78 is 5.94. The van der Waals surface area contributed by atoms with Gasteiger partial charge >= 0.3 is 0 Å². The van der Waals surface area contributed by atoms with Gasteiger partial charge in [0.15, 0.2) is 4.96 Å². The number of thiazole rings is 1. The van der Waals surface area contributed by atoms with E-state index in [0.717, 1.165) is 21.7 Å². The minimum atomic E-state index is 1.01. The molecule has 0 atom stereocenters.